The number of amides is 1. The Morgan fingerprint density at radius 2 is 1.66 bits per heavy atom. The first kappa shape index (κ1) is 20.6. The van der Waals surface area contributed by atoms with Gasteiger partial charge in [-0.3, -0.25) is 4.79 Å². The summed E-state index contributed by atoms with van der Waals surface area (Å²) in [7, 11) is 0. The van der Waals surface area contributed by atoms with Crippen molar-refractivity contribution in [2.75, 3.05) is 5.32 Å². The van der Waals surface area contributed by atoms with Crippen LogP contribution in [0.15, 0.2) is 66.7 Å². The molecule has 29 heavy (non-hydrogen) atoms. The number of carbonyl (C=O) groups excluding carboxylic acids is 1. The Morgan fingerprint density at radius 1 is 0.931 bits per heavy atom. The summed E-state index contributed by atoms with van der Waals surface area (Å²) in [5.74, 6) is -2.41. The fraction of sp³-hybridized carbons (Fsp3) is 0. The molecule has 4 nitrogen and oxygen atoms in total. The lowest BCUT2D eigenvalue weighted by Crippen LogP contribution is -2.14. The number of carboxylic acid groups (broad SMARTS) is 1. The van der Waals surface area contributed by atoms with Crippen molar-refractivity contribution in [1.82, 2.24) is 0 Å². The second-order valence-corrected chi connectivity index (χ2v) is 6.98. The molecule has 0 atom stereocenters. The molecule has 0 aromatic heterocycles. The molecule has 0 radical (unpaired) electrons. The molecule has 0 aliphatic carbocycles. The minimum atomic E-state index is -1.08. The first-order chi connectivity index (χ1) is 13.8. The van der Waals surface area contributed by atoms with E-state index >= 15 is 0 Å². The van der Waals surface area contributed by atoms with Crippen molar-refractivity contribution < 1.29 is 19.1 Å². The van der Waals surface area contributed by atoms with Crippen molar-refractivity contribution in [1.29, 1.82) is 0 Å². The molecule has 0 saturated carbocycles. The van der Waals surface area contributed by atoms with Gasteiger partial charge in [0.15, 0.2) is 0 Å². The topological polar surface area (TPSA) is 66.4 Å². The van der Waals surface area contributed by atoms with Crippen LogP contribution in [0.1, 0.15) is 15.9 Å². The summed E-state index contributed by atoms with van der Waals surface area (Å²) in [5, 5.41) is 12.2. The highest BCUT2D eigenvalue weighted by molar-refractivity contribution is 6.35. The van der Waals surface area contributed by atoms with Gasteiger partial charge in [-0.25, -0.2) is 9.18 Å². The van der Waals surface area contributed by atoms with E-state index < -0.39 is 17.7 Å². The number of aliphatic carboxylic acids is 1. The molecule has 1 amide bonds. The van der Waals surface area contributed by atoms with Crippen LogP contribution in [0.25, 0.3) is 17.2 Å². The number of anilines is 1. The molecule has 2 N–H and O–H groups in total. The second kappa shape index (κ2) is 8.90. The fourth-order valence-electron chi connectivity index (χ4n) is 2.69. The van der Waals surface area contributed by atoms with Crippen LogP contribution in [-0.2, 0) is 4.79 Å². The highest BCUT2D eigenvalue weighted by Crippen LogP contribution is 2.28. The van der Waals surface area contributed by atoms with Crippen molar-refractivity contribution in [2.45, 2.75) is 0 Å². The zero-order valence-electron chi connectivity index (χ0n) is 14.8. The lowest BCUT2D eigenvalue weighted by atomic mass is 10.0. The molecule has 146 valence electrons. The predicted octanol–water partition coefficient (Wildman–Crippen LogP) is 6.15. The number of rotatable bonds is 5. The summed E-state index contributed by atoms with van der Waals surface area (Å²) in [6, 6.07) is 15.6. The average molecular weight is 430 g/mol. The molecular formula is C22H14Cl2FNO3. The number of halogens is 3. The molecular weight excluding hydrogens is 416 g/mol. The molecule has 3 aromatic carbocycles. The van der Waals surface area contributed by atoms with Crippen LogP contribution in [0.4, 0.5) is 10.1 Å². The van der Waals surface area contributed by atoms with Crippen molar-refractivity contribution in [2.24, 2.45) is 0 Å². The highest BCUT2D eigenvalue weighted by Gasteiger charge is 2.14. The smallest absolute Gasteiger partial charge is 0.328 e. The van der Waals surface area contributed by atoms with E-state index in [1.807, 2.05) is 0 Å². The normalized spacial score (nSPS) is 10.9. The largest absolute Gasteiger partial charge is 0.478 e. The monoisotopic (exact) mass is 429 g/mol. The molecule has 0 aliphatic heterocycles. The maximum atomic E-state index is 14.3. The van der Waals surface area contributed by atoms with Crippen molar-refractivity contribution in [3.8, 4) is 11.1 Å². The molecule has 0 fully saturated rings. The van der Waals surface area contributed by atoms with Crippen LogP contribution in [0.3, 0.4) is 0 Å². The second-order valence-electron chi connectivity index (χ2n) is 6.10. The van der Waals surface area contributed by atoms with Crippen LogP contribution in [0.2, 0.25) is 10.0 Å². The van der Waals surface area contributed by atoms with Crippen LogP contribution >= 0.6 is 23.2 Å². The minimum Gasteiger partial charge on any atom is -0.478 e. The number of carboxylic acids is 1. The Morgan fingerprint density at radius 3 is 2.34 bits per heavy atom. The Bertz CT molecular complexity index is 1110. The quantitative estimate of drug-likeness (QED) is 0.477. The summed E-state index contributed by atoms with van der Waals surface area (Å²) in [6.07, 6.45) is 2.38. The summed E-state index contributed by atoms with van der Waals surface area (Å²) < 4.78 is 14.3. The van der Waals surface area contributed by atoms with Gasteiger partial charge in [-0.05, 0) is 65.2 Å². The Hall–Kier alpha value is -3.15. The SMILES string of the molecule is O=C(O)/C=C/c1cccc(NC(=O)c2cc(-c3cc(Cl)cc(Cl)c3)ccc2F)c1. The lowest BCUT2D eigenvalue weighted by Gasteiger charge is -2.10. The van der Waals surface area contributed by atoms with Gasteiger partial charge in [0.2, 0.25) is 0 Å². The van der Waals surface area contributed by atoms with Crippen LogP contribution in [0, 0.1) is 5.82 Å². The lowest BCUT2D eigenvalue weighted by molar-refractivity contribution is -0.131. The summed E-state index contributed by atoms with van der Waals surface area (Å²) >= 11 is 12.0. The van der Waals surface area contributed by atoms with Gasteiger partial charge in [-0.2, -0.15) is 0 Å². The van der Waals surface area contributed by atoms with Gasteiger partial charge in [0.05, 0.1) is 5.56 Å². The number of carbonyl (C=O) groups is 2. The average Bonchev–Trinajstić information content (AvgIpc) is 2.66. The highest BCUT2D eigenvalue weighted by atomic mass is 35.5. The maximum absolute atomic E-state index is 14.3. The van der Waals surface area contributed by atoms with Crippen LogP contribution < -0.4 is 5.32 Å². The fourth-order valence-corrected chi connectivity index (χ4v) is 3.21. The molecule has 0 unspecified atom stereocenters. The van der Waals surface area contributed by atoms with Gasteiger partial charge < -0.3 is 10.4 Å². The number of benzene rings is 3. The van der Waals surface area contributed by atoms with Crippen molar-refractivity contribution in [3.05, 3.63) is 93.7 Å². The van der Waals surface area contributed by atoms with E-state index in [0.29, 0.717) is 32.4 Å². The van der Waals surface area contributed by atoms with Crippen molar-refractivity contribution >= 4 is 46.8 Å². The van der Waals surface area contributed by atoms with E-state index in [1.165, 1.54) is 24.3 Å². The molecule has 7 heteroatoms. The Kier molecular flexibility index (Phi) is 6.32. The van der Waals surface area contributed by atoms with Gasteiger partial charge in [0.1, 0.15) is 5.82 Å². The standard InChI is InChI=1S/C22H14Cl2FNO3/c23-16-9-15(10-17(24)12-16)14-5-6-20(25)19(11-14)22(29)26-18-3-1-2-13(8-18)4-7-21(27)28/h1-12H,(H,26,29)(H,27,28)/b7-4+. The van der Waals surface area contributed by atoms with E-state index in [9.17, 15) is 14.0 Å². The summed E-state index contributed by atoms with van der Waals surface area (Å²) in [6.45, 7) is 0. The molecule has 3 aromatic rings. The van der Waals surface area contributed by atoms with E-state index in [-0.39, 0.29) is 5.56 Å². The van der Waals surface area contributed by atoms with Gasteiger partial charge in [0, 0.05) is 21.8 Å². The van der Waals surface area contributed by atoms with Crippen LogP contribution in [-0.4, -0.2) is 17.0 Å². The van der Waals surface area contributed by atoms with Gasteiger partial charge in [-0.15, -0.1) is 0 Å². The summed E-state index contributed by atoms with van der Waals surface area (Å²) in [5.41, 5.74) is 2.06. The summed E-state index contributed by atoms with van der Waals surface area (Å²) in [4.78, 5) is 23.2. The third-order valence-corrected chi connectivity index (χ3v) is 4.41. The minimum absolute atomic E-state index is 0.148. The zero-order chi connectivity index (χ0) is 21.0. The number of hydrogen-bond donors (Lipinski definition) is 2. The third kappa shape index (κ3) is 5.44. The molecule has 3 rings (SSSR count). The molecule has 0 bridgehead atoms. The molecule has 0 aliphatic rings. The van der Waals surface area contributed by atoms with E-state index in [2.05, 4.69) is 5.32 Å². The van der Waals surface area contributed by atoms with Gasteiger partial charge in [0.25, 0.3) is 5.91 Å². The van der Waals surface area contributed by atoms with Crippen LogP contribution in [0.5, 0.6) is 0 Å². The zero-order valence-corrected chi connectivity index (χ0v) is 16.3. The van der Waals surface area contributed by atoms with Crippen molar-refractivity contribution in [3.63, 3.8) is 0 Å². The molecule has 0 heterocycles. The molecule has 0 spiro atoms. The first-order valence-electron chi connectivity index (χ1n) is 8.40. The Labute approximate surface area is 176 Å². The molecule has 0 saturated heterocycles. The van der Waals surface area contributed by atoms with E-state index in [0.717, 1.165) is 6.08 Å². The first-order valence-corrected chi connectivity index (χ1v) is 9.16. The van der Waals surface area contributed by atoms with E-state index in [4.69, 9.17) is 28.3 Å². The van der Waals surface area contributed by atoms with E-state index in [1.54, 1.807) is 42.5 Å². The Balaban J connectivity index is 1.88. The van der Waals surface area contributed by atoms with Gasteiger partial charge >= 0.3 is 5.97 Å². The van der Waals surface area contributed by atoms with Gasteiger partial charge in [-0.1, -0.05) is 41.4 Å². The third-order valence-electron chi connectivity index (χ3n) is 3.97. The number of hydrogen-bond acceptors (Lipinski definition) is 2. The predicted molar refractivity (Wildman–Crippen MR) is 113 cm³/mol. The number of nitrogens with one attached hydrogen (secondary N) is 1. The maximum Gasteiger partial charge on any atom is 0.328 e.